The summed E-state index contributed by atoms with van der Waals surface area (Å²) in [4.78, 5) is 15.5. The van der Waals surface area contributed by atoms with Gasteiger partial charge in [0, 0.05) is 24.3 Å². The zero-order valence-electron chi connectivity index (χ0n) is 8.66. The number of carbonyl (C=O) groups excluding carboxylic acids is 1. The smallest absolute Gasteiger partial charge is 0.269 e. The number of pyridine rings is 1. The third-order valence-electron chi connectivity index (χ3n) is 1.91. The maximum atomic E-state index is 11.5. The quantitative estimate of drug-likeness (QED) is 0.906. The Labute approximate surface area is 97.2 Å². The molecule has 0 radical (unpaired) electrons. The molecule has 0 aliphatic heterocycles. The molecule has 0 spiro atoms. The molecular weight excluding hydrogens is 260 g/mol. The Balaban J connectivity index is 2.50. The van der Waals surface area contributed by atoms with Crippen molar-refractivity contribution in [2.75, 3.05) is 13.7 Å². The van der Waals surface area contributed by atoms with Crippen molar-refractivity contribution in [3.63, 3.8) is 0 Å². The number of aromatic nitrogens is 1. The maximum Gasteiger partial charge on any atom is 0.269 e. The largest absolute Gasteiger partial charge is 0.380 e. The highest BCUT2D eigenvalue weighted by atomic mass is 79.9. The predicted molar refractivity (Wildman–Crippen MR) is 60.7 cm³/mol. The van der Waals surface area contributed by atoms with Gasteiger partial charge in [0.25, 0.3) is 5.91 Å². The van der Waals surface area contributed by atoms with Crippen molar-refractivity contribution in [2.24, 2.45) is 0 Å². The minimum Gasteiger partial charge on any atom is -0.380 e. The number of ether oxygens (including phenoxy) is 1. The van der Waals surface area contributed by atoms with E-state index >= 15 is 0 Å². The lowest BCUT2D eigenvalue weighted by Crippen LogP contribution is -2.32. The summed E-state index contributed by atoms with van der Waals surface area (Å²) in [5, 5.41) is 2.73. The van der Waals surface area contributed by atoms with Crippen LogP contribution in [0.25, 0.3) is 0 Å². The summed E-state index contributed by atoms with van der Waals surface area (Å²) in [5.41, 5.74) is 0.404. The van der Waals surface area contributed by atoms with Crippen molar-refractivity contribution in [1.82, 2.24) is 10.3 Å². The SMILES string of the molecule is COC(C)CNC(=O)c1ccc(Br)cn1. The molecule has 4 nitrogen and oxygen atoms in total. The van der Waals surface area contributed by atoms with Crippen molar-refractivity contribution in [2.45, 2.75) is 13.0 Å². The molecule has 1 N–H and O–H groups in total. The van der Waals surface area contributed by atoms with Crippen LogP contribution in [0.3, 0.4) is 0 Å². The number of hydrogen-bond donors (Lipinski definition) is 1. The average Bonchev–Trinajstić information content (AvgIpc) is 2.26. The van der Waals surface area contributed by atoms with Crippen LogP contribution in [-0.2, 0) is 4.74 Å². The van der Waals surface area contributed by atoms with Gasteiger partial charge in [-0.3, -0.25) is 4.79 Å². The number of halogens is 1. The van der Waals surface area contributed by atoms with E-state index < -0.39 is 0 Å². The van der Waals surface area contributed by atoms with Crippen LogP contribution in [0.5, 0.6) is 0 Å². The molecule has 0 bridgehead atoms. The molecule has 0 saturated carbocycles. The van der Waals surface area contributed by atoms with Crippen molar-refractivity contribution >= 4 is 21.8 Å². The maximum absolute atomic E-state index is 11.5. The van der Waals surface area contributed by atoms with Crippen LogP contribution in [0.15, 0.2) is 22.8 Å². The molecule has 1 heterocycles. The molecule has 5 heteroatoms. The fraction of sp³-hybridized carbons (Fsp3) is 0.400. The van der Waals surface area contributed by atoms with Gasteiger partial charge in [0.2, 0.25) is 0 Å². The number of nitrogens with one attached hydrogen (secondary N) is 1. The number of amides is 1. The fourth-order valence-electron chi connectivity index (χ4n) is 0.920. The minimum atomic E-state index is -0.189. The van der Waals surface area contributed by atoms with Crippen LogP contribution in [0.2, 0.25) is 0 Å². The fourth-order valence-corrected chi connectivity index (χ4v) is 1.15. The zero-order chi connectivity index (χ0) is 11.3. The molecular formula is C10H13BrN2O2. The van der Waals surface area contributed by atoms with Crippen molar-refractivity contribution in [1.29, 1.82) is 0 Å². The van der Waals surface area contributed by atoms with Crippen LogP contribution in [0.1, 0.15) is 17.4 Å². The van der Waals surface area contributed by atoms with Gasteiger partial charge in [0.15, 0.2) is 0 Å². The zero-order valence-corrected chi connectivity index (χ0v) is 10.2. The number of nitrogens with zero attached hydrogens (tertiary/aromatic N) is 1. The molecule has 0 saturated heterocycles. The molecule has 0 aliphatic rings. The lowest BCUT2D eigenvalue weighted by molar-refractivity contribution is 0.0866. The summed E-state index contributed by atoms with van der Waals surface area (Å²) in [6.07, 6.45) is 1.60. The topological polar surface area (TPSA) is 51.2 Å². The van der Waals surface area contributed by atoms with Gasteiger partial charge in [-0.2, -0.15) is 0 Å². The van der Waals surface area contributed by atoms with Gasteiger partial charge in [0.1, 0.15) is 5.69 Å². The van der Waals surface area contributed by atoms with Crippen LogP contribution < -0.4 is 5.32 Å². The van der Waals surface area contributed by atoms with E-state index in [9.17, 15) is 4.79 Å². The van der Waals surface area contributed by atoms with Gasteiger partial charge in [-0.05, 0) is 35.0 Å². The monoisotopic (exact) mass is 272 g/mol. The van der Waals surface area contributed by atoms with E-state index in [0.717, 1.165) is 4.47 Å². The summed E-state index contributed by atoms with van der Waals surface area (Å²) in [6, 6.07) is 3.44. The molecule has 1 aromatic heterocycles. The highest BCUT2D eigenvalue weighted by molar-refractivity contribution is 9.10. The molecule has 82 valence electrons. The summed E-state index contributed by atoms with van der Waals surface area (Å²) in [7, 11) is 1.61. The third-order valence-corrected chi connectivity index (χ3v) is 2.38. The van der Waals surface area contributed by atoms with Gasteiger partial charge in [0.05, 0.1) is 6.10 Å². The number of rotatable bonds is 4. The Morgan fingerprint density at radius 3 is 2.93 bits per heavy atom. The third kappa shape index (κ3) is 3.97. The second kappa shape index (κ2) is 5.82. The summed E-state index contributed by atoms with van der Waals surface area (Å²) in [5.74, 6) is -0.189. The van der Waals surface area contributed by atoms with Crippen LogP contribution in [0.4, 0.5) is 0 Å². The first-order valence-corrected chi connectivity index (χ1v) is 5.35. The van der Waals surface area contributed by atoms with Crippen molar-refractivity contribution in [3.8, 4) is 0 Å². The van der Waals surface area contributed by atoms with Gasteiger partial charge in [-0.15, -0.1) is 0 Å². The van der Waals surface area contributed by atoms with Crippen molar-refractivity contribution < 1.29 is 9.53 Å². The van der Waals surface area contributed by atoms with Gasteiger partial charge >= 0.3 is 0 Å². The number of methoxy groups -OCH3 is 1. The minimum absolute atomic E-state index is 0.00407. The molecule has 0 aromatic carbocycles. The molecule has 0 aliphatic carbocycles. The summed E-state index contributed by atoms with van der Waals surface area (Å²) < 4.78 is 5.86. The normalized spacial score (nSPS) is 12.2. The van der Waals surface area contributed by atoms with Gasteiger partial charge in [-0.25, -0.2) is 4.98 Å². The molecule has 1 amide bonds. The second-order valence-corrected chi connectivity index (χ2v) is 4.03. The Kier molecular flexibility index (Phi) is 4.71. The Bertz CT molecular complexity index is 327. The van der Waals surface area contributed by atoms with Crippen LogP contribution >= 0.6 is 15.9 Å². The molecule has 1 rings (SSSR count). The molecule has 0 fully saturated rings. The van der Waals surface area contributed by atoms with E-state index in [1.165, 1.54) is 0 Å². The first kappa shape index (κ1) is 12.1. The standard InChI is InChI=1S/C10H13BrN2O2/c1-7(15-2)5-13-10(14)9-4-3-8(11)6-12-9/h3-4,6-7H,5H2,1-2H3,(H,13,14). The summed E-state index contributed by atoms with van der Waals surface area (Å²) in [6.45, 7) is 2.36. The first-order chi connectivity index (χ1) is 7.13. The number of carbonyl (C=O) groups is 1. The number of hydrogen-bond acceptors (Lipinski definition) is 3. The Morgan fingerprint density at radius 2 is 2.40 bits per heavy atom. The molecule has 15 heavy (non-hydrogen) atoms. The van der Waals surface area contributed by atoms with E-state index in [1.54, 1.807) is 25.4 Å². The summed E-state index contributed by atoms with van der Waals surface area (Å²) >= 11 is 3.25. The molecule has 1 atom stereocenters. The lowest BCUT2D eigenvalue weighted by Gasteiger charge is -2.10. The average molecular weight is 273 g/mol. The van der Waals surface area contributed by atoms with Crippen LogP contribution in [-0.4, -0.2) is 30.6 Å². The highest BCUT2D eigenvalue weighted by Gasteiger charge is 2.07. The van der Waals surface area contributed by atoms with Crippen molar-refractivity contribution in [3.05, 3.63) is 28.5 Å². The lowest BCUT2D eigenvalue weighted by atomic mass is 10.3. The van der Waals surface area contributed by atoms with Gasteiger partial charge < -0.3 is 10.1 Å². The van der Waals surface area contributed by atoms with E-state index in [0.29, 0.717) is 12.2 Å². The Hall–Kier alpha value is -0.940. The first-order valence-electron chi connectivity index (χ1n) is 4.56. The Morgan fingerprint density at radius 1 is 1.67 bits per heavy atom. The van der Waals surface area contributed by atoms with Gasteiger partial charge in [-0.1, -0.05) is 0 Å². The van der Waals surface area contributed by atoms with E-state index in [1.807, 2.05) is 6.92 Å². The van der Waals surface area contributed by atoms with E-state index in [4.69, 9.17) is 4.74 Å². The second-order valence-electron chi connectivity index (χ2n) is 3.12. The van der Waals surface area contributed by atoms with E-state index in [-0.39, 0.29) is 12.0 Å². The highest BCUT2D eigenvalue weighted by Crippen LogP contribution is 2.07. The van der Waals surface area contributed by atoms with Crippen LogP contribution in [0, 0.1) is 0 Å². The predicted octanol–water partition coefficient (Wildman–Crippen LogP) is 1.61. The van der Waals surface area contributed by atoms with E-state index in [2.05, 4.69) is 26.2 Å². The molecule has 1 unspecified atom stereocenters. The molecule has 1 aromatic rings.